The van der Waals surface area contributed by atoms with E-state index in [1.165, 1.54) is 24.4 Å². The van der Waals surface area contributed by atoms with Crippen LogP contribution < -0.4 is 15.2 Å². The Kier molecular flexibility index (Phi) is 14.6. The molecule has 15 heteroatoms. The fourth-order valence-electron chi connectivity index (χ4n) is 2.39. The first kappa shape index (κ1) is 34.2. The van der Waals surface area contributed by atoms with Crippen LogP contribution in [-0.4, -0.2) is 48.2 Å². The van der Waals surface area contributed by atoms with Crippen molar-refractivity contribution >= 4 is 17.1 Å². The van der Waals surface area contributed by atoms with Crippen LogP contribution in [0.1, 0.15) is 38.5 Å². The summed E-state index contributed by atoms with van der Waals surface area (Å²) in [4.78, 5) is 30.1. The SMILES string of the molecule is Nc1cccnc1OC1CC1.O=[N+]([O-])c1cccnc1F.O=[N+]([O-])c1cccnc1OC1CC1.OC1CC1.[CH3-].[Pd]. The second-order valence-corrected chi connectivity index (χ2v) is 8.42. The van der Waals surface area contributed by atoms with Gasteiger partial charge in [-0.3, -0.25) is 20.2 Å². The van der Waals surface area contributed by atoms with Gasteiger partial charge >= 0.3 is 11.4 Å². The molecule has 0 atom stereocenters. The van der Waals surface area contributed by atoms with E-state index in [1.807, 2.05) is 0 Å². The molecule has 3 aromatic rings. The van der Waals surface area contributed by atoms with E-state index in [-0.39, 0.29) is 51.6 Å². The van der Waals surface area contributed by atoms with Gasteiger partial charge in [-0.05, 0) is 62.8 Å². The summed E-state index contributed by atoms with van der Waals surface area (Å²) >= 11 is 0. The molecule has 40 heavy (non-hydrogen) atoms. The Labute approximate surface area is 243 Å². The first-order valence-electron chi connectivity index (χ1n) is 11.8. The van der Waals surface area contributed by atoms with Crippen LogP contribution in [0.15, 0.2) is 55.0 Å². The summed E-state index contributed by atoms with van der Waals surface area (Å²) in [5.74, 6) is -0.336. The second-order valence-electron chi connectivity index (χ2n) is 8.42. The van der Waals surface area contributed by atoms with E-state index in [0.29, 0.717) is 17.7 Å². The predicted molar refractivity (Wildman–Crippen MR) is 139 cm³/mol. The average Bonchev–Trinajstić information content (AvgIpc) is 3.74. The van der Waals surface area contributed by atoms with E-state index in [1.54, 1.807) is 18.3 Å². The van der Waals surface area contributed by atoms with E-state index in [9.17, 15) is 24.6 Å². The smallest absolute Gasteiger partial charge is 0.330 e. The number of halogens is 1. The summed E-state index contributed by atoms with van der Waals surface area (Å²) in [5, 5.41) is 28.6. The van der Waals surface area contributed by atoms with Gasteiger partial charge in [0.15, 0.2) is 0 Å². The number of nitrogens with zero attached hydrogens (tertiary/aromatic N) is 5. The summed E-state index contributed by atoms with van der Waals surface area (Å²) in [6, 6.07) is 8.88. The number of nitro groups is 2. The molecule has 3 saturated carbocycles. The molecule has 0 unspecified atom stereocenters. The number of pyridine rings is 3. The number of ether oxygens (including phenoxy) is 2. The number of nitrogens with two attached hydrogens (primary N) is 1. The molecular weight excluding hydrogens is 622 g/mol. The van der Waals surface area contributed by atoms with Gasteiger partial charge in [-0.1, -0.05) is 0 Å². The molecule has 220 valence electrons. The quantitative estimate of drug-likeness (QED) is 0.126. The van der Waals surface area contributed by atoms with Crippen molar-refractivity contribution in [1.29, 1.82) is 0 Å². The van der Waals surface area contributed by atoms with Crippen LogP contribution >= 0.6 is 0 Å². The summed E-state index contributed by atoms with van der Waals surface area (Å²) in [5.41, 5.74) is 5.58. The number of aromatic nitrogens is 3. The second kappa shape index (κ2) is 17.0. The molecule has 0 bridgehead atoms. The number of aliphatic hydroxyl groups excluding tert-OH is 1. The Morgan fingerprint density at radius 1 is 0.800 bits per heavy atom. The van der Waals surface area contributed by atoms with Gasteiger partial charge in [0.25, 0.3) is 11.8 Å². The molecule has 3 aliphatic carbocycles. The van der Waals surface area contributed by atoms with Crippen molar-refractivity contribution in [2.45, 2.75) is 56.8 Å². The molecule has 0 spiro atoms. The van der Waals surface area contributed by atoms with Gasteiger partial charge in [0.2, 0.25) is 5.88 Å². The number of aliphatic hydroxyl groups is 1. The van der Waals surface area contributed by atoms with E-state index in [2.05, 4.69) is 15.0 Å². The van der Waals surface area contributed by atoms with Gasteiger partial charge in [0.1, 0.15) is 12.2 Å². The fourth-order valence-corrected chi connectivity index (χ4v) is 2.39. The Morgan fingerprint density at radius 2 is 1.23 bits per heavy atom. The van der Waals surface area contributed by atoms with Crippen LogP contribution in [0.4, 0.5) is 21.5 Å². The molecule has 3 aromatic heterocycles. The van der Waals surface area contributed by atoms with Gasteiger partial charge in [-0.2, -0.15) is 4.39 Å². The van der Waals surface area contributed by atoms with Crippen LogP contribution in [0.3, 0.4) is 0 Å². The minimum absolute atomic E-state index is 0. The van der Waals surface area contributed by atoms with Gasteiger partial charge in [-0.15, -0.1) is 0 Å². The fraction of sp³-hybridized carbons (Fsp3) is 0.360. The van der Waals surface area contributed by atoms with E-state index in [4.69, 9.17) is 20.3 Å². The maximum absolute atomic E-state index is 12.3. The minimum Gasteiger partial charge on any atom is -0.473 e. The third-order valence-corrected chi connectivity index (χ3v) is 4.84. The molecule has 0 radical (unpaired) electrons. The Hall–Kier alpha value is -3.80. The summed E-state index contributed by atoms with van der Waals surface area (Å²) in [6.45, 7) is 0. The van der Waals surface area contributed by atoms with Crippen LogP contribution in [0.5, 0.6) is 11.8 Å². The first-order chi connectivity index (χ1) is 18.2. The van der Waals surface area contributed by atoms with Crippen molar-refractivity contribution in [3.8, 4) is 11.8 Å². The summed E-state index contributed by atoms with van der Waals surface area (Å²) in [6.07, 6.45) is 11.2. The van der Waals surface area contributed by atoms with Crippen molar-refractivity contribution in [3.05, 3.63) is 88.6 Å². The molecule has 6 rings (SSSR count). The maximum Gasteiger partial charge on any atom is 0.330 e. The molecule has 0 amide bonds. The Morgan fingerprint density at radius 3 is 1.62 bits per heavy atom. The maximum atomic E-state index is 12.3. The number of hydrogen-bond acceptors (Lipinski definition) is 11. The normalized spacial score (nSPS) is 14.4. The minimum atomic E-state index is -1.05. The molecule has 3 aliphatic rings. The van der Waals surface area contributed by atoms with E-state index >= 15 is 0 Å². The molecule has 3 fully saturated rings. The first-order valence-corrected chi connectivity index (χ1v) is 11.8. The summed E-state index contributed by atoms with van der Waals surface area (Å²) < 4.78 is 23.0. The predicted octanol–water partition coefficient (Wildman–Crippen LogP) is 4.45. The van der Waals surface area contributed by atoms with Crippen molar-refractivity contribution < 1.29 is 49.2 Å². The summed E-state index contributed by atoms with van der Waals surface area (Å²) in [7, 11) is 0. The Bertz CT molecular complexity index is 1230. The van der Waals surface area contributed by atoms with Crippen molar-refractivity contribution in [2.75, 3.05) is 5.73 Å². The van der Waals surface area contributed by atoms with Gasteiger partial charge in [0, 0.05) is 51.1 Å². The molecule has 13 nitrogen and oxygen atoms in total. The molecule has 0 saturated heterocycles. The zero-order chi connectivity index (χ0) is 27.5. The zero-order valence-electron chi connectivity index (χ0n) is 21.6. The number of anilines is 1. The van der Waals surface area contributed by atoms with Crippen LogP contribution in [0.25, 0.3) is 0 Å². The van der Waals surface area contributed by atoms with Crippen LogP contribution in [0, 0.1) is 33.6 Å². The molecule has 0 aromatic carbocycles. The monoisotopic (exact) mass is 651 g/mol. The topological polar surface area (TPSA) is 190 Å². The van der Waals surface area contributed by atoms with Crippen molar-refractivity contribution in [1.82, 2.24) is 15.0 Å². The van der Waals surface area contributed by atoms with Crippen molar-refractivity contribution in [3.63, 3.8) is 0 Å². The van der Waals surface area contributed by atoms with Crippen LogP contribution in [-0.2, 0) is 20.4 Å². The van der Waals surface area contributed by atoms with Crippen molar-refractivity contribution in [2.24, 2.45) is 0 Å². The molecule has 3 heterocycles. The van der Waals surface area contributed by atoms with Gasteiger partial charge < -0.3 is 27.7 Å². The van der Waals surface area contributed by atoms with E-state index < -0.39 is 21.5 Å². The molecule has 3 N–H and O–H groups in total. The number of hydrogen-bond donors (Lipinski definition) is 2. The third-order valence-electron chi connectivity index (χ3n) is 4.84. The number of nitrogen functional groups attached to an aromatic ring is 1. The molecule has 0 aliphatic heterocycles. The average molecular weight is 652 g/mol. The van der Waals surface area contributed by atoms with Gasteiger partial charge in [-0.25, -0.2) is 15.0 Å². The largest absolute Gasteiger partial charge is 0.473 e. The zero-order valence-corrected chi connectivity index (χ0v) is 23.1. The third kappa shape index (κ3) is 12.8. The standard InChI is InChI=1S/C8H8N2O3.C8H10N2O.C5H3FN2O2.C3H6O.CH3.Pd/c11-10(12)7-2-1-5-9-8(7)13-6-3-4-6;9-7-2-1-5-10-8(7)11-6-3-4-6;6-5-4(8(9)10)2-1-3-7-5;4-3-1-2-3;;/h1-2,5-6H,3-4H2;1-2,5-6H,3-4,9H2;1-3H;3-4H,1-2H2;1H3;/q;;;;-1;. The van der Waals surface area contributed by atoms with E-state index in [0.717, 1.165) is 50.8 Å². The van der Waals surface area contributed by atoms with Gasteiger partial charge in [0.05, 0.1) is 21.6 Å². The Balaban J connectivity index is 0.000000275. The number of rotatable bonds is 6. The van der Waals surface area contributed by atoms with Crippen LogP contribution in [0.2, 0.25) is 0 Å². The molecular formula is C25H30FN6O7Pd-.